The molecule has 10 nitrogen and oxygen atoms in total. The highest BCUT2D eigenvalue weighted by molar-refractivity contribution is 5.99. The van der Waals surface area contributed by atoms with Crippen molar-refractivity contribution in [2.45, 2.75) is 34.3 Å². The lowest BCUT2D eigenvalue weighted by atomic mass is 10.0. The Bertz CT molecular complexity index is 1590. The van der Waals surface area contributed by atoms with Crippen LogP contribution in [0.1, 0.15) is 34.9 Å². The maximum atomic E-state index is 12.9. The molecule has 0 saturated heterocycles. The quantitative estimate of drug-likeness (QED) is 0.310. The van der Waals surface area contributed by atoms with Gasteiger partial charge in [-0.2, -0.15) is 0 Å². The van der Waals surface area contributed by atoms with Gasteiger partial charge in [-0.15, -0.1) is 0 Å². The van der Waals surface area contributed by atoms with E-state index in [4.69, 9.17) is 4.74 Å². The summed E-state index contributed by atoms with van der Waals surface area (Å²) in [6.07, 6.45) is 8.31. The Morgan fingerprint density at radius 2 is 1.90 bits per heavy atom. The fourth-order valence-corrected chi connectivity index (χ4v) is 4.24. The van der Waals surface area contributed by atoms with Gasteiger partial charge in [-0.25, -0.2) is 9.97 Å². The molecule has 0 atom stereocenters. The van der Waals surface area contributed by atoms with Gasteiger partial charge in [0.25, 0.3) is 0 Å². The van der Waals surface area contributed by atoms with Crippen molar-refractivity contribution in [2.24, 2.45) is 0 Å². The number of carbonyl (C=O) groups excluding carboxylic acids is 3. The number of anilines is 2. The SMILES string of the molecule is CC(=O)Nc1ccc(/C=C/C(=O)NCC(=O)N(C)c2ccc(C)c(COc3cccn4cc(C)nc34)c2C)cn1. The summed E-state index contributed by atoms with van der Waals surface area (Å²) in [5.74, 6) is 0.215. The number of hydrogen-bond donors (Lipinski definition) is 2. The predicted molar refractivity (Wildman–Crippen MR) is 154 cm³/mol. The van der Waals surface area contributed by atoms with E-state index >= 15 is 0 Å². The summed E-state index contributed by atoms with van der Waals surface area (Å²) in [6, 6.07) is 11.0. The fourth-order valence-electron chi connectivity index (χ4n) is 4.24. The smallest absolute Gasteiger partial charge is 0.246 e. The molecule has 0 fully saturated rings. The van der Waals surface area contributed by atoms with Crippen LogP contribution >= 0.6 is 0 Å². The number of aromatic nitrogens is 3. The molecule has 0 radical (unpaired) electrons. The number of imidazole rings is 1. The number of nitrogens with zero attached hydrogens (tertiary/aromatic N) is 4. The number of carbonyl (C=O) groups is 3. The molecule has 2 N–H and O–H groups in total. The van der Waals surface area contributed by atoms with Crippen LogP contribution in [-0.2, 0) is 21.0 Å². The molecule has 1 aromatic carbocycles. The molecule has 206 valence electrons. The summed E-state index contributed by atoms with van der Waals surface area (Å²) in [4.78, 5) is 46.5. The molecule has 0 saturated carbocycles. The van der Waals surface area contributed by atoms with Gasteiger partial charge in [0.1, 0.15) is 12.4 Å². The molecule has 0 unspecified atom stereocenters. The van der Waals surface area contributed by atoms with Crippen molar-refractivity contribution in [3.8, 4) is 5.75 Å². The molecule has 4 rings (SSSR count). The molecule has 0 bridgehead atoms. The second kappa shape index (κ2) is 12.2. The van der Waals surface area contributed by atoms with Crippen molar-refractivity contribution in [3.63, 3.8) is 0 Å². The maximum Gasteiger partial charge on any atom is 0.246 e. The monoisotopic (exact) mass is 540 g/mol. The van der Waals surface area contributed by atoms with Gasteiger partial charge in [-0.05, 0) is 79.4 Å². The first-order valence-electron chi connectivity index (χ1n) is 12.7. The van der Waals surface area contributed by atoms with Gasteiger partial charge in [0, 0.05) is 44.3 Å². The number of ether oxygens (including phenoxy) is 1. The van der Waals surface area contributed by atoms with Crippen LogP contribution in [0.2, 0.25) is 0 Å². The lowest BCUT2D eigenvalue weighted by Crippen LogP contribution is -2.38. The zero-order valence-corrected chi connectivity index (χ0v) is 23.2. The molecular formula is C30H32N6O4. The molecule has 3 aromatic heterocycles. The molecule has 0 aliphatic heterocycles. The summed E-state index contributed by atoms with van der Waals surface area (Å²) in [7, 11) is 1.68. The Hall–Kier alpha value is -4.99. The van der Waals surface area contributed by atoms with Crippen molar-refractivity contribution < 1.29 is 19.1 Å². The summed E-state index contributed by atoms with van der Waals surface area (Å²) in [6.45, 7) is 7.45. The van der Waals surface area contributed by atoms with Gasteiger partial charge < -0.3 is 24.7 Å². The molecule has 0 aliphatic rings. The molecule has 4 aromatic rings. The third-order valence-electron chi connectivity index (χ3n) is 6.41. The highest BCUT2D eigenvalue weighted by Crippen LogP contribution is 2.28. The van der Waals surface area contributed by atoms with E-state index in [0.29, 0.717) is 23.7 Å². The third kappa shape index (κ3) is 6.71. The normalized spacial score (nSPS) is 11.0. The Morgan fingerprint density at radius 3 is 2.62 bits per heavy atom. The summed E-state index contributed by atoms with van der Waals surface area (Å²) < 4.78 is 8.09. The number of pyridine rings is 2. The lowest BCUT2D eigenvalue weighted by molar-refractivity contribution is -0.122. The van der Waals surface area contributed by atoms with Gasteiger partial charge in [0.05, 0.1) is 12.2 Å². The summed E-state index contributed by atoms with van der Waals surface area (Å²) in [5, 5.41) is 5.20. The minimum absolute atomic E-state index is 0.167. The highest BCUT2D eigenvalue weighted by atomic mass is 16.5. The van der Waals surface area contributed by atoms with E-state index in [-0.39, 0.29) is 18.4 Å². The minimum Gasteiger partial charge on any atom is -0.485 e. The lowest BCUT2D eigenvalue weighted by Gasteiger charge is -2.23. The average molecular weight is 541 g/mol. The van der Waals surface area contributed by atoms with Gasteiger partial charge >= 0.3 is 0 Å². The van der Waals surface area contributed by atoms with Crippen LogP contribution in [0.25, 0.3) is 11.7 Å². The molecule has 10 heteroatoms. The third-order valence-corrected chi connectivity index (χ3v) is 6.41. The van der Waals surface area contributed by atoms with Crippen LogP contribution < -0.4 is 20.3 Å². The van der Waals surface area contributed by atoms with Crippen LogP contribution in [0.4, 0.5) is 11.5 Å². The van der Waals surface area contributed by atoms with E-state index < -0.39 is 5.91 Å². The molecular weight excluding hydrogens is 508 g/mol. The Kier molecular flexibility index (Phi) is 8.58. The van der Waals surface area contributed by atoms with E-state index in [1.165, 1.54) is 24.1 Å². The zero-order chi connectivity index (χ0) is 28.8. The van der Waals surface area contributed by atoms with Gasteiger partial charge in [0.2, 0.25) is 17.7 Å². The van der Waals surface area contributed by atoms with Crippen LogP contribution in [0.15, 0.2) is 61.1 Å². The minimum atomic E-state index is -0.411. The summed E-state index contributed by atoms with van der Waals surface area (Å²) >= 11 is 0. The first-order valence-corrected chi connectivity index (χ1v) is 12.7. The number of hydrogen-bond acceptors (Lipinski definition) is 6. The highest BCUT2D eigenvalue weighted by Gasteiger charge is 2.17. The van der Waals surface area contributed by atoms with E-state index in [1.54, 1.807) is 25.3 Å². The number of benzene rings is 1. The number of likely N-dealkylation sites (N-methyl/N-ethyl adjacent to an activating group) is 1. The number of rotatable bonds is 9. The summed E-state index contributed by atoms with van der Waals surface area (Å²) in [5.41, 5.74) is 6.02. The van der Waals surface area contributed by atoms with Gasteiger partial charge in [-0.3, -0.25) is 14.4 Å². The van der Waals surface area contributed by atoms with Gasteiger partial charge in [-0.1, -0.05) is 6.07 Å². The van der Waals surface area contributed by atoms with Crippen LogP contribution in [0.5, 0.6) is 5.75 Å². The Balaban J connectivity index is 1.37. The Morgan fingerprint density at radius 1 is 1.10 bits per heavy atom. The number of fused-ring (bicyclic) bond motifs is 1. The van der Waals surface area contributed by atoms with E-state index in [1.807, 2.05) is 61.8 Å². The zero-order valence-electron chi connectivity index (χ0n) is 23.2. The van der Waals surface area contributed by atoms with E-state index in [2.05, 4.69) is 20.6 Å². The molecule has 0 aliphatic carbocycles. The molecule has 3 amide bonds. The van der Waals surface area contributed by atoms with Gasteiger partial charge in [0.15, 0.2) is 11.4 Å². The first-order chi connectivity index (χ1) is 19.1. The number of amides is 3. The van der Waals surface area contributed by atoms with E-state index in [0.717, 1.165) is 33.7 Å². The molecule has 0 spiro atoms. The second-order valence-electron chi connectivity index (χ2n) is 9.44. The Labute approximate surface area is 232 Å². The predicted octanol–water partition coefficient (Wildman–Crippen LogP) is 3.98. The van der Waals surface area contributed by atoms with Crippen molar-refractivity contribution in [1.82, 2.24) is 19.7 Å². The van der Waals surface area contributed by atoms with Crippen LogP contribution in [-0.4, -0.2) is 45.7 Å². The molecule has 40 heavy (non-hydrogen) atoms. The van der Waals surface area contributed by atoms with Crippen molar-refractivity contribution >= 4 is 40.9 Å². The molecule has 3 heterocycles. The van der Waals surface area contributed by atoms with Crippen molar-refractivity contribution in [1.29, 1.82) is 0 Å². The largest absolute Gasteiger partial charge is 0.485 e. The standard InChI is InChI=1S/C30H32N6O4/c1-19-8-11-25(21(3)24(19)18-40-26-7-6-14-36-17-20(2)33-30(26)36)35(5)29(39)16-32-28(38)13-10-23-9-12-27(31-15-23)34-22(4)37/h6-15,17H,16,18H2,1-5H3,(H,32,38)(H,31,34,37)/b13-10+. The average Bonchev–Trinajstić information content (AvgIpc) is 3.31. The van der Waals surface area contributed by atoms with E-state index in [9.17, 15) is 14.4 Å². The van der Waals surface area contributed by atoms with Crippen LogP contribution in [0, 0.1) is 20.8 Å². The van der Waals surface area contributed by atoms with Crippen molar-refractivity contribution in [2.75, 3.05) is 23.8 Å². The first kappa shape index (κ1) is 28.0. The number of nitrogens with one attached hydrogen (secondary N) is 2. The fraction of sp³-hybridized carbons (Fsp3) is 0.233. The van der Waals surface area contributed by atoms with Crippen LogP contribution in [0.3, 0.4) is 0 Å². The topological polar surface area (TPSA) is 118 Å². The van der Waals surface area contributed by atoms with Crippen molar-refractivity contribution in [3.05, 3.63) is 89.0 Å². The second-order valence-corrected chi connectivity index (χ2v) is 9.44. The maximum absolute atomic E-state index is 12.9. The number of aryl methyl sites for hydroxylation is 2.